The zero-order valence-electron chi connectivity index (χ0n) is 10.8. The molecule has 0 aliphatic carbocycles. The Balaban J connectivity index is 1.54. The van der Waals surface area contributed by atoms with Crippen molar-refractivity contribution < 1.29 is 9.13 Å². The summed E-state index contributed by atoms with van der Waals surface area (Å²) in [5.41, 5.74) is 1.06. The summed E-state index contributed by atoms with van der Waals surface area (Å²) in [4.78, 5) is 2.51. The first-order valence-electron chi connectivity index (χ1n) is 6.80. The summed E-state index contributed by atoms with van der Waals surface area (Å²) in [5, 5.41) is 0. The molecule has 3 rings (SSSR count). The van der Waals surface area contributed by atoms with Gasteiger partial charge in [-0.05, 0) is 50.4 Å². The second kappa shape index (κ2) is 4.98. The van der Waals surface area contributed by atoms with E-state index in [4.69, 9.17) is 4.74 Å². The quantitative estimate of drug-likeness (QED) is 0.816. The lowest BCUT2D eigenvalue weighted by atomic mass is 10.0. The fourth-order valence-corrected chi connectivity index (χ4v) is 3.29. The van der Waals surface area contributed by atoms with E-state index in [-0.39, 0.29) is 5.82 Å². The predicted octanol–water partition coefficient (Wildman–Crippen LogP) is 2.97. The van der Waals surface area contributed by atoms with Crippen LogP contribution in [0.25, 0.3) is 0 Å². The van der Waals surface area contributed by atoms with Crippen molar-refractivity contribution in [3.63, 3.8) is 0 Å². The molecule has 3 heteroatoms. The van der Waals surface area contributed by atoms with Gasteiger partial charge in [0.15, 0.2) is 0 Å². The molecule has 2 fully saturated rings. The molecule has 3 atom stereocenters. The third kappa shape index (κ3) is 2.43. The molecular formula is C15H20FNO. The Kier molecular flexibility index (Phi) is 3.35. The van der Waals surface area contributed by atoms with Crippen LogP contribution in [-0.2, 0) is 11.3 Å². The molecule has 0 amide bonds. The Morgan fingerprint density at radius 1 is 1.17 bits per heavy atom. The van der Waals surface area contributed by atoms with E-state index in [9.17, 15) is 4.39 Å². The molecule has 2 aliphatic heterocycles. The number of benzene rings is 1. The van der Waals surface area contributed by atoms with Crippen molar-refractivity contribution in [3.8, 4) is 0 Å². The van der Waals surface area contributed by atoms with Crippen LogP contribution in [0.15, 0.2) is 24.3 Å². The molecule has 0 spiro atoms. The Labute approximate surface area is 108 Å². The average molecular weight is 249 g/mol. The molecule has 2 aliphatic rings. The van der Waals surface area contributed by atoms with Gasteiger partial charge in [0.1, 0.15) is 5.82 Å². The Hall–Kier alpha value is -0.930. The van der Waals surface area contributed by atoms with Gasteiger partial charge in [-0.25, -0.2) is 4.39 Å². The Morgan fingerprint density at radius 3 is 2.39 bits per heavy atom. The van der Waals surface area contributed by atoms with E-state index >= 15 is 0 Å². The average Bonchev–Trinajstić information content (AvgIpc) is 2.62. The first kappa shape index (κ1) is 12.1. The minimum absolute atomic E-state index is 0.184. The molecule has 2 bridgehead atoms. The highest BCUT2D eigenvalue weighted by Gasteiger charge is 2.38. The van der Waals surface area contributed by atoms with Gasteiger partial charge in [0.2, 0.25) is 0 Å². The first-order chi connectivity index (χ1) is 8.72. The van der Waals surface area contributed by atoms with Crippen molar-refractivity contribution >= 4 is 0 Å². The van der Waals surface area contributed by atoms with Crippen LogP contribution < -0.4 is 0 Å². The lowest BCUT2D eigenvalue weighted by Crippen LogP contribution is -2.42. The van der Waals surface area contributed by atoms with Crippen molar-refractivity contribution in [2.45, 2.75) is 50.5 Å². The topological polar surface area (TPSA) is 12.5 Å². The van der Waals surface area contributed by atoms with Crippen LogP contribution in [0.2, 0.25) is 0 Å². The molecule has 0 N–H and O–H groups in total. The fourth-order valence-electron chi connectivity index (χ4n) is 3.29. The predicted molar refractivity (Wildman–Crippen MR) is 68.8 cm³/mol. The van der Waals surface area contributed by atoms with Gasteiger partial charge in [-0.2, -0.15) is 0 Å². The van der Waals surface area contributed by atoms with E-state index in [1.807, 2.05) is 0 Å². The van der Waals surface area contributed by atoms with E-state index in [1.54, 1.807) is 12.1 Å². The Bertz CT molecular complexity index is 391. The summed E-state index contributed by atoms with van der Waals surface area (Å²) in [7, 11) is 2.23. The highest BCUT2D eigenvalue weighted by Crippen LogP contribution is 2.35. The number of hydrogen-bond donors (Lipinski definition) is 0. The van der Waals surface area contributed by atoms with E-state index in [2.05, 4.69) is 11.9 Å². The zero-order chi connectivity index (χ0) is 12.5. The van der Waals surface area contributed by atoms with Gasteiger partial charge in [-0.1, -0.05) is 12.1 Å². The second-order valence-corrected chi connectivity index (χ2v) is 5.58. The summed E-state index contributed by atoms with van der Waals surface area (Å²) in [6, 6.07) is 8.02. The summed E-state index contributed by atoms with van der Waals surface area (Å²) < 4.78 is 18.8. The van der Waals surface area contributed by atoms with Crippen LogP contribution in [-0.4, -0.2) is 30.1 Å². The molecule has 2 saturated heterocycles. The maximum atomic E-state index is 12.8. The molecule has 0 saturated carbocycles. The SMILES string of the molecule is CN1[C@@H]2CC[C@H]1CC(OCc1ccc(F)cc1)C2. The Morgan fingerprint density at radius 2 is 1.78 bits per heavy atom. The molecule has 18 heavy (non-hydrogen) atoms. The summed E-state index contributed by atoms with van der Waals surface area (Å²) in [6.07, 6.45) is 5.31. The van der Waals surface area contributed by atoms with E-state index in [0.717, 1.165) is 18.4 Å². The number of fused-ring (bicyclic) bond motifs is 2. The smallest absolute Gasteiger partial charge is 0.123 e. The summed E-state index contributed by atoms with van der Waals surface area (Å²) >= 11 is 0. The van der Waals surface area contributed by atoms with Crippen molar-refractivity contribution in [2.75, 3.05) is 7.05 Å². The van der Waals surface area contributed by atoms with Crippen LogP contribution in [0.4, 0.5) is 4.39 Å². The van der Waals surface area contributed by atoms with Gasteiger partial charge < -0.3 is 9.64 Å². The molecule has 1 aromatic carbocycles. The standard InChI is InChI=1S/C15H20FNO/c1-17-13-6-7-14(17)9-15(8-13)18-10-11-2-4-12(16)5-3-11/h2-5,13-15H,6-10H2,1H3/t13-,14+,15?. The van der Waals surface area contributed by atoms with Crippen LogP contribution in [0, 0.1) is 5.82 Å². The van der Waals surface area contributed by atoms with E-state index in [0.29, 0.717) is 24.8 Å². The van der Waals surface area contributed by atoms with Gasteiger partial charge in [0.05, 0.1) is 12.7 Å². The maximum Gasteiger partial charge on any atom is 0.123 e. The first-order valence-corrected chi connectivity index (χ1v) is 6.80. The number of hydrogen-bond acceptors (Lipinski definition) is 2. The minimum atomic E-state index is -0.184. The molecular weight excluding hydrogens is 229 g/mol. The van der Waals surface area contributed by atoms with E-state index < -0.39 is 0 Å². The fraction of sp³-hybridized carbons (Fsp3) is 0.600. The van der Waals surface area contributed by atoms with Crippen molar-refractivity contribution in [1.29, 1.82) is 0 Å². The molecule has 1 aromatic rings. The van der Waals surface area contributed by atoms with Gasteiger partial charge >= 0.3 is 0 Å². The monoisotopic (exact) mass is 249 g/mol. The van der Waals surface area contributed by atoms with Crippen LogP contribution >= 0.6 is 0 Å². The van der Waals surface area contributed by atoms with Crippen LogP contribution in [0.3, 0.4) is 0 Å². The third-order valence-corrected chi connectivity index (χ3v) is 4.45. The lowest BCUT2D eigenvalue weighted by molar-refractivity contribution is -0.0211. The van der Waals surface area contributed by atoms with Gasteiger partial charge in [-0.3, -0.25) is 0 Å². The number of halogens is 1. The van der Waals surface area contributed by atoms with Crippen molar-refractivity contribution in [2.24, 2.45) is 0 Å². The highest BCUT2D eigenvalue weighted by atomic mass is 19.1. The van der Waals surface area contributed by atoms with Gasteiger partial charge in [-0.15, -0.1) is 0 Å². The van der Waals surface area contributed by atoms with Crippen LogP contribution in [0.5, 0.6) is 0 Å². The maximum absolute atomic E-state index is 12.8. The highest BCUT2D eigenvalue weighted by molar-refractivity contribution is 5.15. The van der Waals surface area contributed by atoms with Crippen molar-refractivity contribution in [3.05, 3.63) is 35.6 Å². The van der Waals surface area contributed by atoms with Gasteiger partial charge in [0.25, 0.3) is 0 Å². The third-order valence-electron chi connectivity index (χ3n) is 4.45. The van der Waals surface area contributed by atoms with Crippen LogP contribution in [0.1, 0.15) is 31.2 Å². The zero-order valence-corrected chi connectivity index (χ0v) is 10.8. The number of nitrogens with zero attached hydrogens (tertiary/aromatic N) is 1. The van der Waals surface area contributed by atoms with E-state index in [1.165, 1.54) is 25.0 Å². The lowest BCUT2D eigenvalue weighted by Gasteiger charge is -2.36. The number of rotatable bonds is 3. The molecule has 98 valence electrons. The molecule has 0 radical (unpaired) electrons. The molecule has 0 aromatic heterocycles. The molecule has 1 unspecified atom stereocenters. The normalized spacial score (nSPS) is 31.8. The van der Waals surface area contributed by atoms with Crippen molar-refractivity contribution in [1.82, 2.24) is 4.90 Å². The summed E-state index contributed by atoms with van der Waals surface area (Å²) in [5.74, 6) is -0.184. The molecule has 2 heterocycles. The minimum Gasteiger partial charge on any atom is -0.373 e. The second-order valence-electron chi connectivity index (χ2n) is 5.58. The largest absolute Gasteiger partial charge is 0.373 e. The summed E-state index contributed by atoms with van der Waals surface area (Å²) in [6.45, 7) is 0.605. The number of piperidine rings is 1. The number of ether oxygens (including phenoxy) is 1. The van der Waals surface area contributed by atoms with Gasteiger partial charge in [0, 0.05) is 12.1 Å². The molecule has 2 nitrogen and oxygen atoms in total.